The number of hydrogen-bond acceptors (Lipinski definition) is 6. The van der Waals surface area contributed by atoms with E-state index in [2.05, 4.69) is 0 Å². The monoisotopic (exact) mass is 239 g/mol. The largest absolute Gasteiger partial charge is 1.00 e. The number of nitrogens with zero attached hydrogens (tertiary/aromatic N) is 1. The molecular formula is CK3NO6. The van der Waals surface area contributed by atoms with E-state index in [1.54, 1.807) is 0 Å². The van der Waals surface area contributed by atoms with Gasteiger partial charge < -0.3 is 30.3 Å². The third kappa shape index (κ3) is 152. The van der Waals surface area contributed by atoms with E-state index in [1.807, 2.05) is 0 Å². The number of hydrogen-bond donors (Lipinski definition) is 0. The first-order valence-corrected chi connectivity index (χ1v) is 1.16. The SMILES string of the molecule is O=C([O-])[O-].O=[N+]([O-])[O-].[K+].[K+].[K+]. The Hall–Kier alpha value is 3.38. The fourth-order valence-electron chi connectivity index (χ4n) is 0. The van der Waals surface area contributed by atoms with Gasteiger partial charge >= 0.3 is 154 Å². The Labute approximate surface area is 190 Å². The second-order valence-corrected chi connectivity index (χ2v) is 0.474. The van der Waals surface area contributed by atoms with Gasteiger partial charge in [-0.3, -0.25) is 0 Å². The van der Waals surface area contributed by atoms with E-state index in [-0.39, 0.29) is 154 Å². The molecule has 11 heavy (non-hydrogen) atoms. The van der Waals surface area contributed by atoms with Crippen LogP contribution in [0.3, 0.4) is 0 Å². The summed E-state index contributed by atoms with van der Waals surface area (Å²) >= 11 is 0. The van der Waals surface area contributed by atoms with E-state index < -0.39 is 11.2 Å². The fourth-order valence-corrected chi connectivity index (χ4v) is 0. The molecule has 0 aromatic rings. The molecule has 0 aliphatic rings. The predicted molar refractivity (Wildman–Crippen MR) is 15.8 cm³/mol. The Balaban J connectivity index is -0.0000000171. The molecule has 48 valence electrons. The van der Waals surface area contributed by atoms with Gasteiger partial charge in [0, 0.05) is 0 Å². The smallest absolute Gasteiger partial charge is 0.652 e. The van der Waals surface area contributed by atoms with E-state index in [1.165, 1.54) is 0 Å². The number of rotatable bonds is 0. The van der Waals surface area contributed by atoms with Gasteiger partial charge in [0.25, 0.3) is 0 Å². The third-order valence-corrected chi connectivity index (χ3v) is 0. The number of carbonyl (C=O) groups excluding carboxylic acids is 1. The van der Waals surface area contributed by atoms with Crippen molar-refractivity contribution < 1.29 is 174 Å². The zero-order chi connectivity index (χ0) is 7.15. The normalized spacial score (nSPS) is 4.36. The van der Waals surface area contributed by atoms with Gasteiger partial charge in [0.2, 0.25) is 0 Å². The van der Waals surface area contributed by atoms with E-state index in [0.29, 0.717) is 0 Å². The summed E-state index contributed by atoms with van der Waals surface area (Å²) in [6.45, 7) is 0. The molecule has 0 radical (unpaired) electrons. The Bertz CT molecular complexity index is 75.8. The first-order valence-electron chi connectivity index (χ1n) is 1.16. The molecule has 0 unspecified atom stereocenters. The molecule has 0 fully saturated rings. The Morgan fingerprint density at radius 2 is 1.00 bits per heavy atom. The summed E-state index contributed by atoms with van der Waals surface area (Å²) < 4.78 is 0. The molecule has 0 rings (SSSR count). The van der Waals surface area contributed by atoms with Crippen molar-refractivity contribution in [2.75, 3.05) is 0 Å². The Morgan fingerprint density at radius 3 is 1.00 bits per heavy atom. The van der Waals surface area contributed by atoms with Gasteiger partial charge in [0.05, 0.1) is 5.09 Å². The van der Waals surface area contributed by atoms with Gasteiger partial charge in [-0.1, -0.05) is 0 Å². The minimum atomic E-state index is -2.33. The Kier molecular flexibility index (Phi) is 62.0. The number of carbonyl (C=O) groups is 1. The zero-order valence-corrected chi connectivity index (χ0v) is 15.8. The quantitative estimate of drug-likeness (QED) is 0.234. The van der Waals surface area contributed by atoms with Crippen molar-refractivity contribution in [1.82, 2.24) is 0 Å². The van der Waals surface area contributed by atoms with Gasteiger partial charge in [0.1, 0.15) is 0 Å². The molecule has 0 bridgehead atoms. The van der Waals surface area contributed by atoms with E-state index >= 15 is 0 Å². The summed E-state index contributed by atoms with van der Waals surface area (Å²) in [5.41, 5.74) is 0. The second kappa shape index (κ2) is 23.3. The van der Waals surface area contributed by atoms with Crippen LogP contribution < -0.4 is 164 Å². The van der Waals surface area contributed by atoms with Gasteiger partial charge in [-0.25, -0.2) is 0 Å². The molecule has 7 nitrogen and oxygen atoms in total. The first-order chi connectivity index (χ1) is 3.46. The standard InChI is InChI=1S/CH2O3.3K.NO3/c2-1(3)4;;;;2-1(3)4/h(H2,2,3,4);;;;/q;3*+1;-1/p-2. The summed E-state index contributed by atoms with van der Waals surface area (Å²) in [6, 6.07) is 0. The molecular weight excluding hydrogens is 239 g/mol. The van der Waals surface area contributed by atoms with E-state index in [0.717, 1.165) is 0 Å². The van der Waals surface area contributed by atoms with Crippen molar-refractivity contribution in [3.05, 3.63) is 15.3 Å². The van der Waals surface area contributed by atoms with Crippen molar-refractivity contribution in [3.8, 4) is 0 Å². The molecule has 0 aromatic heterocycles. The predicted octanol–water partition coefficient (Wildman–Crippen LogP) is -11.7. The molecule has 0 amide bonds. The van der Waals surface area contributed by atoms with Gasteiger partial charge in [-0.15, -0.1) is 0 Å². The average molecular weight is 239 g/mol. The van der Waals surface area contributed by atoms with Crippen LogP contribution in [0.2, 0.25) is 0 Å². The van der Waals surface area contributed by atoms with Crippen molar-refractivity contribution in [3.63, 3.8) is 0 Å². The van der Waals surface area contributed by atoms with Gasteiger partial charge in [0.15, 0.2) is 0 Å². The van der Waals surface area contributed by atoms with Crippen LogP contribution in [0.1, 0.15) is 0 Å². The maximum Gasteiger partial charge on any atom is 1.00 e. The molecule has 0 aliphatic heterocycles. The van der Waals surface area contributed by atoms with Crippen LogP contribution in [-0.4, -0.2) is 11.2 Å². The molecule has 0 aliphatic carbocycles. The van der Waals surface area contributed by atoms with Crippen molar-refractivity contribution >= 4 is 6.16 Å². The summed E-state index contributed by atoms with van der Waals surface area (Å²) in [6.07, 6.45) is -2.33. The van der Waals surface area contributed by atoms with Crippen LogP contribution in [0.4, 0.5) is 4.79 Å². The Morgan fingerprint density at radius 1 is 1.00 bits per heavy atom. The van der Waals surface area contributed by atoms with Gasteiger partial charge in [-0.2, -0.15) is 0 Å². The van der Waals surface area contributed by atoms with Crippen LogP contribution in [0.15, 0.2) is 0 Å². The minimum absolute atomic E-state index is 0. The minimum Gasteiger partial charge on any atom is -0.652 e. The summed E-state index contributed by atoms with van der Waals surface area (Å²) in [7, 11) is 0. The molecule has 0 saturated heterocycles. The summed E-state index contributed by atoms with van der Waals surface area (Å²) in [5, 5.41) is 31.4. The first kappa shape index (κ1) is 29.3. The summed E-state index contributed by atoms with van der Waals surface area (Å²) in [5.74, 6) is 0. The van der Waals surface area contributed by atoms with Crippen LogP contribution in [0, 0.1) is 15.3 Å². The molecule has 0 N–H and O–H groups in total. The second-order valence-electron chi connectivity index (χ2n) is 0.474. The molecule has 10 heteroatoms. The molecule has 0 atom stereocenters. The van der Waals surface area contributed by atoms with Crippen molar-refractivity contribution in [2.45, 2.75) is 0 Å². The third-order valence-electron chi connectivity index (χ3n) is 0. The van der Waals surface area contributed by atoms with Crippen LogP contribution in [-0.2, 0) is 0 Å². The van der Waals surface area contributed by atoms with Crippen LogP contribution >= 0.6 is 0 Å². The van der Waals surface area contributed by atoms with Crippen LogP contribution in [0.5, 0.6) is 0 Å². The summed E-state index contributed by atoms with van der Waals surface area (Å²) in [4.78, 5) is 16.6. The van der Waals surface area contributed by atoms with Crippen molar-refractivity contribution in [1.29, 1.82) is 0 Å². The molecule has 0 spiro atoms. The average Bonchev–Trinajstić information content (AvgIpc) is 1.25. The molecule has 0 aromatic carbocycles. The molecule has 0 saturated carbocycles. The number of carboxylic acid groups (broad SMARTS) is 2. The van der Waals surface area contributed by atoms with Crippen molar-refractivity contribution in [2.24, 2.45) is 0 Å². The molecule has 0 heterocycles. The van der Waals surface area contributed by atoms with E-state index in [9.17, 15) is 0 Å². The fraction of sp³-hybridized carbons (Fsp3) is 0. The van der Waals surface area contributed by atoms with Gasteiger partial charge in [-0.05, 0) is 6.16 Å². The van der Waals surface area contributed by atoms with E-state index in [4.69, 9.17) is 30.3 Å². The topological polar surface area (TPSA) is 129 Å². The maximum absolute atomic E-state index is 8.33. The van der Waals surface area contributed by atoms with Crippen LogP contribution in [0.25, 0.3) is 0 Å². The maximum atomic E-state index is 8.33. The zero-order valence-electron chi connectivity index (χ0n) is 6.40.